The molecule has 0 bridgehead atoms. The van der Waals surface area contributed by atoms with Gasteiger partial charge in [0.05, 0.1) is 11.3 Å². The molecule has 1 aliphatic heterocycles. The fourth-order valence-corrected chi connectivity index (χ4v) is 3.54. The topological polar surface area (TPSA) is 67.2 Å². The third-order valence-electron chi connectivity index (χ3n) is 5.07. The van der Waals surface area contributed by atoms with Crippen molar-refractivity contribution in [2.24, 2.45) is 5.92 Å². The molecule has 1 saturated heterocycles. The van der Waals surface area contributed by atoms with Gasteiger partial charge < -0.3 is 9.88 Å². The average molecular weight is 408 g/mol. The SMILES string of the molecule is CC1CN(Cc2ccccn2)CCC1NC(=O)Cn1cc(C(F)(F)F)ccc1=O. The maximum atomic E-state index is 12.8. The van der Waals surface area contributed by atoms with Gasteiger partial charge in [-0.1, -0.05) is 13.0 Å². The maximum absolute atomic E-state index is 12.8. The summed E-state index contributed by atoms with van der Waals surface area (Å²) in [4.78, 5) is 30.7. The predicted octanol–water partition coefficient (Wildman–Crippen LogP) is 2.29. The number of alkyl halides is 3. The van der Waals surface area contributed by atoms with Gasteiger partial charge in [-0.15, -0.1) is 0 Å². The van der Waals surface area contributed by atoms with E-state index in [2.05, 4.69) is 15.2 Å². The number of aromatic nitrogens is 2. The quantitative estimate of drug-likeness (QED) is 0.825. The number of carbonyl (C=O) groups is 1. The molecule has 156 valence electrons. The molecule has 2 atom stereocenters. The Labute approximate surface area is 166 Å². The van der Waals surface area contributed by atoms with Crippen LogP contribution in [0.2, 0.25) is 0 Å². The van der Waals surface area contributed by atoms with Crippen molar-refractivity contribution in [2.75, 3.05) is 13.1 Å². The summed E-state index contributed by atoms with van der Waals surface area (Å²) in [6.45, 7) is 3.85. The van der Waals surface area contributed by atoms with Crippen LogP contribution in [0.1, 0.15) is 24.6 Å². The molecule has 1 N–H and O–H groups in total. The Morgan fingerprint density at radius 1 is 1.28 bits per heavy atom. The smallest absolute Gasteiger partial charge is 0.351 e. The van der Waals surface area contributed by atoms with Crippen molar-refractivity contribution in [3.63, 3.8) is 0 Å². The summed E-state index contributed by atoms with van der Waals surface area (Å²) in [6, 6.07) is 7.22. The standard InChI is InChI=1S/C20H23F3N4O2/c1-14-10-26(12-16-4-2-3-8-24-16)9-7-17(14)25-18(28)13-27-11-15(20(21,22)23)5-6-19(27)29/h2-6,8,11,14,17H,7,9-10,12-13H2,1H3,(H,25,28). The predicted molar refractivity (Wildman–Crippen MR) is 101 cm³/mol. The first kappa shape index (κ1) is 21.0. The number of hydrogen-bond acceptors (Lipinski definition) is 4. The number of likely N-dealkylation sites (tertiary alicyclic amines) is 1. The molecule has 1 fully saturated rings. The van der Waals surface area contributed by atoms with Crippen LogP contribution in [0.4, 0.5) is 13.2 Å². The van der Waals surface area contributed by atoms with E-state index in [1.807, 2.05) is 25.1 Å². The number of amides is 1. The largest absolute Gasteiger partial charge is 0.417 e. The number of rotatable bonds is 5. The van der Waals surface area contributed by atoms with Crippen LogP contribution >= 0.6 is 0 Å². The first-order valence-corrected chi connectivity index (χ1v) is 9.41. The fourth-order valence-electron chi connectivity index (χ4n) is 3.54. The van der Waals surface area contributed by atoms with E-state index >= 15 is 0 Å². The zero-order valence-corrected chi connectivity index (χ0v) is 16.0. The molecule has 1 amide bonds. The Kier molecular flexibility index (Phi) is 6.36. The first-order valence-electron chi connectivity index (χ1n) is 9.41. The van der Waals surface area contributed by atoms with Crippen LogP contribution in [0.15, 0.2) is 47.5 Å². The van der Waals surface area contributed by atoms with Gasteiger partial charge in [-0.05, 0) is 30.5 Å². The normalized spacial score (nSPS) is 20.4. The Morgan fingerprint density at radius 2 is 2.07 bits per heavy atom. The molecule has 0 saturated carbocycles. The summed E-state index contributed by atoms with van der Waals surface area (Å²) in [5, 5.41) is 2.86. The van der Waals surface area contributed by atoms with Crippen LogP contribution in [0.25, 0.3) is 0 Å². The van der Waals surface area contributed by atoms with E-state index < -0.39 is 29.8 Å². The number of nitrogens with one attached hydrogen (secondary N) is 1. The van der Waals surface area contributed by atoms with Crippen molar-refractivity contribution in [3.05, 3.63) is 64.3 Å². The van der Waals surface area contributed by atoms with Crippen molar-refractivity contribution < 1.29 is 18.0 Å². The third kappa shape index (κ3) is 5.66. The number of halogens is 3. The maximum Gasteiger partial charge on any atom is 0.417 e. The number of piperidine rings is 1. The van der Waals surface area contributed by atoms with Crippen LogP contribution in [0.3, 0.4) is 0 Å². The molecular weight excluding hydrogens is 385 g/mol. The fraction of sp³-hybridized carbons (Fsp3) is 0.450. The molecule has 0 spiro atoms. The zero-order valence-electron chi connectivity index (χ0n) is 16.0. The summed E-state index contributed by atoms with van der Waals surface area (Å²) in [7, 11) is 0. The highest BCUT2D eigenvalue weighted by atomic mass is 19.4. The molecule has 0 aliphatic carbocycles. The van der Waals surface area contributed by atoms with Crippen LogP contribution in [-0.4, -0.2) is 39.5 Å². The van der Waals surface area contributed by atoms with Gasteiger partial charge in [0.25, 0.3) is 5.56 Å². The monoisotopic (exact) mass is 408 g/mol. The highest BCUT2D eigenvalue weighted by Gasteiger charge is 2.31. The molecule has 6 nitrogen and oxygen atoms in total. The molecule has 29 heavy (non-hydrogen) atoms. The lowest BCUT2D eigenvalue weighted by Gasteiger charge is -2.37. The van der Waals surface area contributed by atoms with E-state index in [9.17, 15) is 22.8 Å². The van der Waals surface area contributed by atoms with E-state index in [4.69, 9.17) is 0 Å². The van der Waals surface area contributed by atoms with Crippen LogP contribution in [0.5, 0.6) is 0 Å². The molecule has 1 aliphatic rings. The van der Waals surface area contributed by atoms with E-state index in [1.165, 1.54) is 0 Å². The van der Waals surface area contributed by atoms with E-state index in [0.717, 1.165) is 48.4 Å². The minimum absolute atomic E-state index is 0.0935. The first-order chi connectivity index (χ1) is 13.7. The van der Waals surface area contributed by atoms with Gasteiger partial charge in [0.2, 0.25) is 5.91 Å². The second-order valence-corrected chi connectivity index (χ2v) is 7.38. The Bertz CT molecular complexity index is 899. The summed E-state index contributed by atoms with van der Waals surface area (Å²) in [5.74, 6) is -0.309. The highest BCUT2D eigenvalue weighted by molar-refractivity contribution is 5.76. The van der Waals surface area contributed by atoms with E-state index in [-0.39, 0.29) is 12.0 Å². The summed E-state index contributed by atoms with van der Waals surface area (Å²) in [6.07, 6.45) is -1.42. The summed E-state index contributed by atoms with van der Waals surface area (Å²) in [5.41, 5.74) is -0.626. The van der Waals surface area contributed by atoms with Crippen molar-refractivity contribution >= 4 is 5.91 Å². The van der Waals surface area contributed by atoms with Gasteiger partial charge >= 0.3 is 6.18 Å². The highest BCUT2D eigenvalue weighted by Crippen LogP contribution is 2.28. The second-order valence-electron chi connectivity index (χ2n) is 7.38. The Balaban J connectivity index is 1.56. The van der Waals surface area contributed by atoms with Gasteiger partial charge in [-0.3, -0.25) is 19.5 Å². The van der Waals surface area contributed by atoms with Crippen molar-refractivity contribution in [2.45, 2.75) is 38.7 Å². The lowest BCUT2D eigenvalue weighted by atomic mass is 9.93. The van der Waals surface area contributed by atoms with Crippen molar-refractivity contribution in [3.8, 4) is 0 Å². The van der Waals surface area contributed by atoms with Crippen LogP contribution in [0, 0.1) is 5.92 Å². The third-order valence-corrected chi connectivity index (χ3v) is 5.07. The Morgan fingerprint density at radius 3 is 2.72 bits per heavy atom. The van der Waals surface area contributed by atoms with E-state index in [1.54, 1.807) is 6.20 Å². The molecule has 2 unspecified atom stereocenters. The Hall–Kier alpha value is -2.68. The van der Waals surface area contributed by atoms with Crippen LogP contribution in [-0.2, 0) is 24.1 Å². The molecular formula is C20H23F3N4O2. The minimum atomic E-state index is -4.57. The molecule has 3 heterocycles. The molecule has 2 aromatic heterocycles. The lowest BCUT2D eigenvalue weighted by Crippen LogP contribution is -2.50. The van der Waals surface area contributed by atoms with Gasteiger partial charge in [-0.25, -0.2) is 0 Å². The van der Waals surface area contributed by atoms with E-state index in [0.29, 0.717) is 6.20 Å². The number of pyridine rings is 2. The number of carbonyl (C=O) groups excluding carboxylic acids is 1. The van der Waals surface area contributed by atoms with Crippen molar-refractivity contribution in [1.82, 2.24) is 19.8 Å². The van der Waals surface area contributed by atoms with Crippen LogP contribution < -0.4 is 10.9 Å². The molecule has 9 heteroatoms. The zero-order chi connectivity index (χ0) is 21.0. The van der Waals surface area contributed by atoms with Crippen molar-refractivity contribution in [1.29, 1.82) is 0 Å². The second kappa shape index (κ2) is 8.77. The van der Waals surface area contributed by atoms with Gasteiger partial charge in [0, 0.05) is 44.1 Å². The molecule has 0 radical (unpaired) electrons. The molecule has 3 rings (SSSR count). The summed E-state index contributed by atoms with van der Waals surface area (Å²) >= 11 is 0. The van der Waals surface area contributed by atoms with Gasteiger partial charge in [-0.2, -0.15) is 13.2 Å². The molecule has 0 aromatic carbocycles. The van der Waals surface area contributed by atoms with Gasteiger partial charge in [0.1, 0.15) is 6.54 Å². The summed E-state index contributed by atoms with van der Waals surface area (Å²) < 4.78 is 39.3. The number of nitrogens with zero attached hydrogens (tertiary/aromatic N) is 3. The lowest BCUT2D eigenvalue weighted by molar-refractivity contribution is -0.138. The van der Waals surface area contributed by atoms with Gasteiger partial charge in [0.15, 0.2) is 0 Å². The molecule has 2 aromatic rings. The number of hydrogen-bond donors (Lipinski definition) is 1. The average Bonchev–Trinajstić information content (AvgIpc) is 2.66. The minimum Gasteiger partial charge on any atom is -0.351 e.